The largest absolute Gasteiger partial charge is 0.347 e. The molecule has 0 saturated heterocycles. The van der Waals surface area contributed by atoms with Crippen LogP contribution in [0.25, 0.3) is 10.9 Å². The van der Waals surface area contributed by atoms with E-state index in [0.717, 1.165) is 5.92 Å². The number of fused-ring (bicyclic) bond motifs is 1. The van der Waals surface area contributed by atoms with Crippen LogP contribution in [0, 0.1) is 12.8 Å². The second kappa shape index (κ2) is 3.97. The molecular weight excluding hydrogens is 194 g/mol. The maximum absolute atomic E-state index is 2.44. The highest BCUT2D eigenvalue weighted by molar-refractivity contribution is 5.80. The minimum atomic E-state index is 0.913. The third-order valence-electron chi connectivity index (χ3n) is 3.86. The molecule has 1 aromatic carbocycles. The standard InChI is InChI=1S/C15H19N/c1-12-6-7-14-8-9-16(15(14)10-12)11-13-4-2-3-5-13/h6-10,13H,2-5,11H2,1H3. The number of aromatic nitrogens is 1. The molecule has 1 nitrogen and oxygen atoms in total. The van der Waals surface area contributed by atoms with Gasteiger partial charge >= 0.3 is 0 Å². The van der Waals surface area contributed by atoms with Crippen molar-refractivity contribution in [2.45, 2.75) is 39.2 Å². The topological polar surface area (TPSA) is 4.93 Å². The van der Waals surface area contributed by atoms with Crippen LogP contribution in [0.1, 0.15) is 31.2 Å². The molecule has 2 aromatic rings. The number of nitrogens with zero attached hydrogens (tertiary/aromatic N) is 1. The molecule has 0 radical (unpaired) electrons. The van der Waals surface area contributed by atoms with Gasteiger partial charge in [0.25, 0.3) is 0 Å². The molecule has 0 unspecified atom stereocenters. The fourth-order valence-electron chi connectivity index (χ4n) is 2.92. The van der Waals surface area contributed by atoms with Gasteiger partial charge < -0.3 is 4.57 Å². The van der Waals surface area contributed by atoms with E-state index in [2.05, 4.69) is 42.0 Å². The van der Waals surface area contributed by atoms with E-state index >= 15 is 0 Å². The monoisotopic (exact) mass is 213 g/mol. The summed E-state index contributed by atoms with van der Waals surface area (Å²) in [7, 11) is 0. The molecule has 1 saturated carbocycles. The molecule has 3 rings (SSSR count). The van der Waals surface area contributed by atoms with Gasteiger partial charge in [0.05, 0.1) is 0 Å². The zero-order chi connectivity index (χ0) is 11.0. The molecule has 0 atom stereocenters. The van der Waals surface area contributed by atoms with Crippen LogP contribution in [0.5, 0.6) is 0 Å². The van der Waals surface area contributed by atoms with Gasteiger partial charge in [-0.15, -0.1) is 0 Å². The molecule has 16 heavy (non-hydrogen) atoms. The minimum absolute atomic E-state index is 0.913. The van der Waals surface area contributed by atoms with E-state index in [1.807, 2.05) is 0 Å². The maximum atomic E-state index is 2.44. The molecule has 1 aliphatic rings. The molecule has 1 aromatic heterocycles. The lowest BCUT2D eigenvalue weighted by molar-refractivity contribution is 0.466. The summed E-state index contributed by atoms with van der Waals surface area (Å²) in [6.07, 6.45) is 7.96. The highest BCUT2D eigenvalue weighted by Crippen LogP contribution is 2.28. The summed E-state index contributed by atoms with van der Waals surface area (Å²) < 4.78 is 2.44. The summed E-state index contributed by atoms with van der Waals surface area (Å²) in [6.45, 7) is 3.39. The molecule has 1 heterocycles. The summed E-state index contributed by atoms with van der Waals surface area (Å²) in [5, 5.41) is 1.38. The molecule has 1 heteroatoms. The van der Waals surface area contributed by atoms with Crippen LogP contribution >= 0.6 is 0 Å². The van der Waals surface area contributed by atoms with Crippen molar-refractivity contribution in [3.63, 3.8) is 0 Å². The first-order chi connectivity index (χ1) is 7.83. The number of hydrogen-bond acceptors (Lipinski definition) is 0. The van der Waals surface area contributed by atoms with Crippen LogP contribution in [-0.4, -0.2) is 4.57 Å². The molecule has 0 aliphatic heterocycles. The van der Waals surface area contributed by atoms with Crippen LogP contribution < -0.4 is 0 Å². The average Bonchev–Trinajstić information content (AvgIpc) is 2.90. The summed E-state index contributed by atoms with van der Waals surface area (Å²) in [6, 6.07) is 8.98. The minimum Gasteiger partial charge on any atom is -0.347 e. The van der Waals surface area contributed by atoms with E-state index in [1.54, 1.807) is 0 Å². The van der Waals surface area contributed by atoms with Crippen LogP contribution in [-0.2, 0) is 6.54 Å². The van der Waals surface area contributed by atoms with Crippen LogP contribution in [0.4, 0.5) is 0 Å². The van der Waals surface area contributed by atoms with Gasteiger partial charge in [0, 0.05) is 18.3 Å². The summed E-state index contributed by atoms with van der Waals surface area (Å²) in [5.74, 6) is 0.913. The van der Waals surface area contributed by atoms with E-state index in [1.165, 1.54) is 48.7 Å². The van der Waals surface area contributed by atoms with Crippen molar-refractivity contribution in [3.8, 4) is 0 Å². The average molecular weight is 213 g/mol. The van der Waals surface area contributed by atoms with Crippen LogP contribution in [0.15, 0.2) is 30.5 Å². The molecule has 0 bridgehead atoms. The lowest BCUT2D eigenvalue weighted by Gasteiger charge is -2.11. The van der Waals surface area contributed by atoms with Crippen molar-refractivity contribution in [1.82, 2.24) is 4.57 Å². The Labute approximate surface area is 97.1 Å². The fraction of sp³-hybridized carbons (Fsp3) is 0.467. The lowest BCUT2D eigenvalue weighted by atomic mass is 10.1. The Bertz CT molecular complexity index is 489. The van der Waals surface area contributed by atoms with E-state index < -0.39 is 0 Å². The second-order valence-corrected chi connectivity index (χ2v) is 5.18. The van der Waals surface area contributed by atoms with Gasteiger partial charge in [0.2, 0.25) is 0 Å². The van der Waals surface area contributed by atoms with Gasteiger partial charge in [-0.05, 0) is 48.8 Å². The lowest BCUT2D eigenvalue weighted by Crippen LogP contribution is -2.05. The van der Waals surface area contributed by atoms with Gasteiger partial charge in [0.1, 0.15) is 0 Å². The Balaban J connectivity index is 1.93. The first-order valence-electron chi connectivity index (χ1n) is 6.38. The molecule has 1 aliphatic carbocycles. The van der Waals surface area contributed by atoms with Gasteiger partial charge in [-0.1, -0.05) is 25.0 Å². The Hall–Kier alpha value is -1.24. The summed E-state index contributed by atoms with van der Waals surface area (Å²) >= 11 is 0. The normalized spacial score (nSPS) is 17.3. The third kappa shape index (κ3) is 1.75. The van der Waals surface area contributed by atoms with E-state index in [-0.39, 0.29) is 0 Å². The molecular formula is C15H19N. The number of hydrogen-bond donors (Lipinski definition) is 0. The Kier molecular flexibility index (Phi) is 2.47. The Morgan fingerprint density at radius 1 is 1.19 bits per heavy atom. The fourth-order valence-corrected chi connectivity index (χ4v) is 2.92. The zero-order valence-electron chi connectivity index (χ0n) is 9.95. The smallest absolute Gasteiger partial charge is 0.0483 e. The van der Waals surface area contributed by atoms with Crippen molar-refractivity contribution in [2.24, 2.45) is 5.92 Å². The first-order valence-corrected chi connectivity index (χ1v) is 6.38. The number of rotatable bonds is 2. The zero-order valence-corrected chi connectivity index (χ0v) is 9.95. The maximum Gasteiger partial charge on any atom is 0.0483 e. The second-order valence-electron chi connectivity index (χ2n) is 5.18. The molecule has 0 N–H and O–H groups in total. The highest BCUT2D eigenvalue weighted by atomic mass is 15.0. The molecule has 1 fully saturated rings. The molecule has 0 amide bonds. The molecule has 84 valence electrons. The highest BCUT2D eigenvalue weighted by Gasteiger charge is 2.15. The Morgan fingerprint density at radius 3 is 2.81 bits per heavy atom. The van der Waals surface area contributed by atoms with Crippen LogP contribution in [0.2, 0.25) is 0 Å². The predicted octanol–water partition coefficient (Wildman–Crippen LogP) is 4.14. The van der Waals surface area contributed by atoms with Crippen molar-refractivity contribution in [3.05, 3.63) is 36.0 Å². The van der Waals surface area contributed by atoms with Gasteiger partial charge in [0.15, 0.2) is 0 Å². The van der Waals surface area contributed by atoms with Gasteiger partial charge in [-0.25, -0.2) is 0 Å². The predicted molar refractivity (Wildman–Crippen MR) is 68.6 cm³/mol. The first kappa shape index (κ1) is 9.95. The van der Waals surface area contributed by atoms with Crippen molar-refractivity contribution < 1.29 is 0 Å². The van der Waals surface area contributed by atoms with Crippen LogP contribution in [0.3, 0.4) is 0 Å². The van der Waals surface area contributed by atoms with E-state index in [4.69, 9.17) is 0 Å². The van der Waals surface area contributed by atoms with Crippen molar-refractivity contribution in [1.29, 1.82) is 0 Å². The third-order valence-corrected chi connectivity index (χ3v) is 3.86. The Morgan fingerprint density at radius 2 is 2.00 bits per heavy atom. The summed E-state index contributed by atoms with van der Waals surface area (Å²) in [5.41, 5.74) is 2.77. The van der Waals surface area contributed by atoms with Gasteiger partial charge in [-0.2, -0.15) is 0 Å². The van der Waals surface area contributed by atoms with E-state index in [0.29, 0.717) is 0 Å². The quantitative estimate of drug-likeness (QED) is 0.706. The van der Waals surface area contributed by atoms with Gasteiger partial charge in [-0.3, -0.25) is 0 Å². The summed E-state index contributed by atoms with van der Waals surface area (Å²) in [4.78, 5) is 0. The van der Waals surface area contributed by atoms with Crippen molar-refractivity contribution in [2.75, 3.05) is 0 Å². The number of benzene rings is 1. The number of aryl methyl sites for hydroxylation is 1. The van der Waals surface area contributed by atoms with E-state index in [9.17, 15) is 0 Å². The molecule has 0 spiro atoms. The van der Waals surface area contributed by atoms with Crippen molar-refractivity contribution >= 4 is 10.9 Å². The SMILES string of the molecule is Cc1ccc2ccn(CC3CCCC3)c2c1.